The number of rotatable bonds is 3. The first-order chi connectivity index (χ1) is 12.5. The topological polar surface area (TPSA) is 88.0 Å². The average molecular weight is 390 g/mol. The molecule has 0 spiro atoms. The van der Waals surface area contributed by atoms with E-state index in [4.69, 9.17) is 16.0 Å². The maximum Gasteiger partial charge on any atom is 0.417 e. The summed E-state index contributed by atoms with van der Waals surface area (Å²) < 4.78 is 18.8. The first kappa shape index (κ1) is 16.5. The number of hydrogen-bond acceptors (Lipinski definition) is 5. The summed E-state index contributed by atoms with van der Waals surface area (Å²) in [4.78, 5) is 30.4. The van der Waals surface area contributed by atoms with Crippen LogP contribution in [0, 0.1) is 5.82 Å². The Bertz CT molecular complexity index is 1180. The number of nitrogens with one attached hydrogen (secondary N) is 2. The van der Waals surface area contributed by atoms with E-state index >= 15 is 0 Å². The van der Waals surface area contributed by atoms with E-state index in [1.54, 1.807) is 23.6 Å². The second-order valence-corrected chi connectivity index (χ2v) is 6.58. The third-order valence-electron chi connectivity index (χ3n) is 3.63. The van der Waals surface area contributed by atoms with Gasteiger partial charge in [0.05, 0.1) is 21.8 Å². The Balaban J connectivity index is 1.61. The van der Waals surface area contributed by atoms with Gasteiger partial charge in [-0.25, -0.2) is 14.2 Å². The van der Waals surface area contributed by atoms with Crippen LogP contribution in [0.15, 0.2) is 51.0 Å². The molecule has 130 valence electrons. The van der Waals surface area contributed by atoms with E-state index in [0.29, 0.717) is 21.9 Å². The normalized spacial score (nSPS) is 11.0. The minimum absolute atomic E-state index is 0.0219. The van der Waals surface area contributed by atoms with Crippen LogP contribution in [0.25, 0.3) is 22.4 Å². The van der Waals surface area contributed by atoms with Gasteiger partial charge >= 0.3 is 5.76 Å². The van der Waals surface area contributed by atoms with Gasteiger partial charge in [-0.1, -0.05) is 17.7 Å². The quantitative estimate of drug-likeness (QED) is 0.547. The highest BCUT2D eigenvalue weighted by Crippen LogP contribution is 2.28. The lowest BCUT2D eigenvalue weighted by Crippen LogP contribution is -2.14. The number of carbonyl (C=O) groups is 1. The molecular weight excluding hydrogens is 381 g/mol. The van der Waals surface area contributed by atoms with Crippen LogP contribution in [0.5, 0.6) is 0 Å². The predicted molar refractivity (Wildman–Crippen MR) is 97.3 cm³/mol. The maximum absolute atomic E-state index is 13.8. The molecule has 2 aromatic heterocycles. The second-order valence-electron chi connectivity index (χ2n) is 5.31. The molecule has 0 saturated heterocycles. The van der Waals surface area contributed by atoms with E-state index in [1.165, 1.54) is 23.5 Å². The first-order valence-electron chi connectivity index (χ1n) is 7.35. The molecule has 0 saturated carbocycles. The standard InChI is InChI=1S/C17H9ClFN3O3S/c18-9-2-1-3-10(19)14(9)15(23)22-16-20-12(7-26-16)8-4-5-13-11(6-8)21-17(24)25-13/h1-7H,(H,21,24)(H,20,22,23). The van der Waals surface area contributed by atoms with E-state index in [-0.39, 0.29) is 10.6 Å². The molecule has 4 aromatic rings. The molecular formula is C17H9ClFN3O3S. The summed E-state index contributed by atoms with van der Waals surface area (Å²) in [5.74, 6) is -1.92. The summed E-state index contributed by atoms with van der Waals surface area (Å²) >= 11 is 7.08. The lowest BCUT2D eigenvalue weighted by atomic mass is 10.1. The fourth-order valence-electron chi connectivity index (χ4n) is 2.45. The van der Waals surface area contributed by atoms with Crippen LogP contribution in [-0.2, 0) is 0 Å². The van der Waals surface area contributed by atoms with Crippen molar-refractivity contribution in [2.75, 3.05) is 5.32 Å². The number of halogens is 2. The molecule has 1 amide bonds. The summed E-state index contributed by atoms with van der Waals surface area (Å²) in [7, 11) is 0. The lowest BCUT2D eigenvalue weighted by Gasteiger charge is -2.05. The SMILES string of the molecule is O=C(Nc1nc(-c2ccc3oc(=O)[nH]c3c2)cs1)c1c(F)cccc1Cl. The number of thiazole rings is 1. The number of H-pyrrole nitrogens is 1. The van der Waals surface area contributed by atoms with E-state index in [9.17, 15) is 14.0 Å². The van der Waals surface area contributed by atoms with E-state index in [2.05, 4.69) is 15.3 Å². The summed E-state index contributed by atoms with van der Waals surface area (Å²) in [6.45, 7) is 0. The highest BCUT2D eigenvalue weighted by atomic mass is 35.5. The van der Waals surface area contributed by atoms with Gasteiger partial charge in [0.25, 0.3) is 5.91 Å². The summed E-state index contributed by atoms with van der Waals surface area (Å²) in [6, 6.07) is 9.14. The van der Waals surface area contributed by atoms with Gasteiger partial charge in [-0.05, 0) is 30.3 Å². The van der Waals surface area contributed by atoms with Crippen molar-refractivity contribution in [2.45, 2.75) is 0 Å². The summed E-state index contributed by atoms with van der Waals surface area (Å²) in [5, 5.41) is 4.59. The zero-order valence-corrected chi connectivity index (χ0v) is 14.5. The number of aromatic amines is 1. The molecule has 0 aliphatic heterocycles. The maximum atomic E-state index is 13.8. The van der Waals surface area contributed by atoms with E-state index in [0.717, 1.165) is 11.6 Å². The van der Waals surface area contributed by atoms with E-state index < -0.39 is 17.5 Å². The van der Waals surface area contributed by atoms with Crippen molar-refractivity contribution in [3.63, 3.8) is 0 Å². The molecule has 2 heterocycles. The number of hydrogen-bond donors (Lipinski definition) is 2. The van der Waals surface area contributed by atoms with Crippen LogP contribution in [0.3, 0.4) is 0 Å². The largest absolute Gasteiger partial charge is 0.417 e. The molecule has 9 heteroatoms. The minimum Gasteiger partial charge on any atom is -0.408 e. The number of nitrogens with zero attached hydrogens (tertiary/aromatic N) is 1. The Kier molecular flexibility index (Phi) is 4.06. The van der Waals surface area contributed by atoms with Crippen molar-refractivity contribution in [1.82, 2.24) is 9.97 Å². The van der Waals surface area contributed by atoms with Crippen molar-refractivity contribution in [2.24, 2.45) is 0 Å². The Morgan fingerprint density at radius 1 is 1.31 bits per heavy atom. The zero-order chi connectivity index (χ0) is 18.3. The number of amides is 1. The Morgan fingerprint density at radius 2 is 2.15 bits per heavy atom. The molecule has 0 radical (unpaired) electrons. The minimum atomic E-state index is -0.707. The highest BCUT2D eigenvalue weighted by molar-refractivity contribution is 7.14. The molecule has 0 atom stereocenters. The van der Waals surface area contributed by atoms with E-state index in [1.807, 2.05) is 0 Å². The van der Waals surface area contributed by atoms with Crippen LogP contribution in [0.4, 0.5) is 9.52 Å². The fraction of sp³-hybridized carbons (Fsp3) is 0. The number of fused-ring (bicyclic) bond motifs is 1. The number of oxazole rings is 1. The molecule has 26 heavy (non-hydrogen) atoms. The zero-order valence-electron chi connectivity index (χ0n) is 12.9. The van der Waals surface area contributed by atoms with Crippen LogP contribution in [0.1, 0.15) is 10.4 Å². The molecule has 2 aromatic carbocycles. The average Bonchev–Trinajstić information content (AvgIpc) is 3.19. The molecule has 0 aliphatic rings. The molecule has 0 bridgehead atoms. The van der Waals surface area contributed by atoms with Crippen LogP contribution >= 0.6 is 22.9 Å². The van der Waals surface area contributed by atoms with Gasteiger partial charge in [0.2, 0.25) is 0 Å². The Morgan fingerprint density at radius 3 is 2.96 bits per heavy atom. The fourth-order valence-corrected chi connectivity index (χ4v) is 3.41. The van der Waals surface area contributed by atoms with Gasteiger partial charge in [0.1, 0.15) is 5.82 Å². The second kappa shape index (κ2) is 6.40. The van der Waals surface area contributed by atoms with Gasteiger partial charge in [0, 0.05) is 10.9 Å². The number of aromatic nitrogens is 2. The van der Waals surface area contributed by atoms with Gasteiger partial charge in [-0.15, -0.1) is 11.3 Å². The van der Waals surface area contributed by atoms with Gasteiger partial charge < -0.3 is 4.42 Å². The monoisotopic (exact) mass is 389 g/mol. The molecule has 4 rings (SSSR count). The Hall–Kier alpha value is -2.97. The van der Waals surface area contributed by atoms with Gasteiger partial charge in [-0.3, -0.25) is 15.1 Å². The number of anilines is 1. The van der Waals surface area contributed by atoms with Gasteiger partial charge in [-0.2, -0.15) is 0 Å². The van der Waals surface area contributed by atoms with Crippen LogP contribution in [0.2, 0.25) is 5.02 Å². The molecule has 0 unspecified atom stereocenters. The molecule has 6 nitrogen and oxygen atoms in total. The van der Waals surface area contributed by atoms with Crippen molar-refractivity contribution >= 4 is 45.1 Å². The number of benzene rings is 2. The smallest absolute Gasteiger partial charge is 0.408 e. The summed E-state index contributed by atoms with van der Waals surface area (Å²) in [5.41, 5.74) is 2.08. The Labute approximate surface area is 154 Å². The van der Waals surface area contributed by atoms with Crippen LogP contribution in [-0.4, -0.2) is 15.9 Å². The third-order valence-corrected chi connectivity index (χ3v) is 4.70. The van der Waals surface area contributed by atoms with Crippen molar-refractivity contribution < 1.29 is 13.6 Å². The van der Waals surface area contributed by atoms with Crippen molar-refractivity contribution in [1.29, 1.82) is 0 Å². The van der Waals surface area contributed by atoms with Gasteiger partial charge in [0.15, 0.2) is 10.7 Å². The molecule has 0 aliphatic carbocycles. The van der Waals surface area contributed by atoms with Crippen LogP contribution < -0.4 is 11.1 Å². The van der Waals surface area contributed by atoms with Crippen molar-refractivity contribution in [3.05, 3.63) is 68.7 Å². The molecule has 0 fully saturated rings. The number of carbonyl (C=O) groups excluding carboxylic acids is 1. The summed E-state index contributed by atoms with van der Waals surface area (Å²) in [6.07, 6.45) is 0. The third kappa shape index (κ3) is 3.00. The van der Waals surface area contributed by atoms with Crippen molar-refractivity contribution in [3.8, 4) is 11.3 Å². The molecule has 2 N–H and O–H groups in total. The lowest BCUT2D eigenvalue weighted by molar-refractivity contribution is 0.102. The first-order valence-corrected chi connectivity index (χ1v) is 8.61. The predicted octanol–water partition coefficient (Wildman–Crippen LogP) is 4.29. The highest BCUT2D eigenvalue weighted by Gasteiger charge is 2.17.